The number of rotatable bonds is 7. The summed E-state index contributed by atoms with van der Waals surface area (Å²) in [4.78, 5) is 20.2. The van der Waals surface area contributed by atoms with Crippen LogP contribution in [0.15, 0.2) is 79.3 Å². The summed E-state index contributed by atoms with van der Waals surface area (Å²) in [6.45, 7) is 6.85. The van der Waals surface area contributed by atoms with E-state index >= 15 is 0 Å². The number of hydrogen-bond acceptors (Lipinski definition) is 5. The first-order valence-corrected chi connectivity index (χ1v) is 13.1. The van der Waals surface area contributed by atoms with Gasteiger partial charge in [0.1, 0.15) is 11.5 Å². The van der Waals surface area contributed by atoms with Gasteiger partial charge in [0, 0.05) is 47.7 Å². The normalized spacial score (nSPS) is 20.6. The van der Waals surface area contributed by atoms with E-state index in [2.05, 4.69) is 27.3 Å². The van der Waals surface area contributed by atoms with Crippen LogP contribution in [0.1, 0.15) is 40.0 Å². The van der Waals surface area contributed by atoms with Crippen LogP contribution in [0.3, 0.4) is 0 Å². The molecule has 38 heavy (non-hydrogen) atoms. The second-order valence-electron chi connectivity index (χ2n) is 10.8. The zero-order chi connectivity index (χ0) is 26.3. The summed E-state index contributed by atoms with van der Waals surface area (Å²) < 4.78 is 8.04. The number of nitrogens with two attached hydrogens (primary N) is 1. The van der Waals surface area contributed by atoms with E-state index < -0.39 is 0 Å². The first-order valence-electron chi connectivity index (χ1n) is 13.1. The van der Waals surface area contributed by atoms with Gasteiger partial charge in [0.15, 0.2) is 0 Å². The van der Waals surface area contributed by atoms with E-state index in [-0.39, 0.29) is 5.91 Å². The van der Waals surface area contributed by atoms with Gasteiger partial charge in [-0.2, -0.15) is 0 Å². The molecule has 1 spiro atoms. The second-order valence-corrected chi connectivity index (χ2v) is 10.8. The number of carbonyl (C=O) groups is 1. The van der Waals surface area contributed by atoms with E-state index in [0.29, 0.717) is 22.8 Å². The molecule has 0 radical (unpaired) electrons. The van der Waals surface area contributed by atoms with Crippen LogP contribution in [0.25, 0.3) is 5.69 Å². The van der Waals surface area contributed by atoms with E-state index in [9.17, 15) is 4.79 Å². The van der Waals surface area contributed by atoms with Crippen molar-refractivity contribution in [2.24, 2.45) is 11.1 Å². The molecule has 1 aliphatic heterocycles. The Morgan fingerprint density at radius 3 is 2.66 bits per heavy atom. The number of carbonyl (C=O) groups excluding carboxylic acids is 1. The van der Waals surface area contributed by atoms with Crippen molar-refractivity contribution in [1.82, 2.24) is 14.5 Å². The minimum atomic E-state index is -0.183. The summed E-state index contributed by atoms with van der Waals surface area (Å²) in [6.07, 6.45) is 6.10. The fourth-order valence-corrected chi connectivity index (χ4v) is 5.44. The zero-order valence-corrected chi connectivity index (χ0v) is 21.9. The molecule has 2 aliphatic rings. The number of nitrogens with one attached hydrogen (secondary N) is 1. The summed E-state index contributed by atoms with van der Waals surface area (Å²) in [6, 6.07) is 21.7. The molecule has 1 unspecified atom stereocenters. The minimum Gasteiger partial charge on any atom is -0.457 e. The van der Waals surface area contributed by atoms with Crippen LogP contribution in [-0.4, -0.2) is 39.5 Å². The van der Waals surface area contributed by atoms with E-state index in [1.165, 1.54) is 6.42 Å². The Morgan fingerprint density at radius 2 is 1.95 bits per heavy atom. The number of aromatic nitrogens is 2. The number of aryl methyl sites for hydroxylation is 2. The fourth-order valence-electron chi connectivity index (χ4n) is 5.44. The number of para-hydroxylation sites is 1. The molecular weight excluding hydrogens is 474 g/mol. The predicted octanol–water partition coefficient (Wildman–Crippen LogP) is 5.46. The van der Waals surface area contributed by atoms with Gasteiger partial charge in [-0.1, -0.05) is 24.3 Å². The molecule has 7 nitrogen and oxygen atoms in total. The van der Waals surface area contributed by atoms with Crippen LogP contribution in [0.4, 0.5) is 5.69 Å². The number of imidazole rings is 1. The highest BCUT2D eigenvalue weighted by molar-refractivity contribution is 6.04. The van der Waals surface area contributed by atoms with Crippen LogP contribution in [-0.2, 0) is 6.54 Å². The third-order valence-electron chi connectivity index (χ3n) is 7.79. The SMILES string of the molecule is Cc1cn(-c2cc(CN3CCC4(C[C@@H]4N)C3)cc(NC(=O)c3ccc(C)c(Oc4ccccc4)c3)c2)cn1. The maximum absolute atomic E-state index is 13.4. The van der Waals surface area contributed by atoms with Crippen LogP contribution in [0.2, 0.25) is 0 Å². The summed E-state index contributed by atoms with van der Waals surface area (Å²) >= 11 is 0. The molecule has 3 N–H and O–H groups in total. The highest BCUT2D eigenvalue weighted by atomic mass is 16.5. The lowest BCUT2D eigenvalue weighted by Crippen LogP contribution is -2.23. The molecule has 2 fully saturated rings. The van der Waals surface area contributed by atoms with Crippen molar-refractivity contribution < 1.29 is 9.53 Å². The Hall–Kier alpha value is -3.94. The van der Waals surface area contributed by atoms with Crippen molar-refractivity contribution >= 4 is 11.6 Å². The summed E-state index contributed by atoms with van der Waals surface area (Å²) in [5.41, 5.74) is 11.8. The van der Waals surface area contributed by atoms with Gasteiger partial charge in [-0.25, -0.2) is 4.98 Å². The molecule has 2 atom stereocenters. The Labute approximate surface area is 223 Å². The topological polar surface area (TPSA) is 85.4 Å². The number of benzene rings is 3. The average Bonchev–Trinajstić information content (AvgIpc) is 3.20. The molecule has 1 aliphatic carbocycles. The van der Waals surface area contributed by atoms with Gasteiger partial charge in [-0.15, -0.1) is 0 Å². The number of hydrogen-bond donors (Lipinski definition) is 2. The molecule has 4 aromatic rings. The lowest BCUT2D eigenvalue weighted by Gasteiger charge is -2.18. The van der Waals surface area contributed by atoms with Crippen LogP contribution in [0, 0.1) is 19.3 Å². The lowest BCUT2D eigenvalue weighted by molar-refractivity contribution is 0.102. The first kappa shape index (κ1) is 24.4. The van der Waals surface area contributed by atoms with Crippen LogP contribution >= 0.6 is 0 Å². The van der Waals surface area contributed by atoms with Gasteiger partial charge < -0.3 is 20.4 Å². The third kappa shape index (κ3) is 5.08. The van der Waals surface area contributed by atoms with Crippen molar-refractivity contribution in [2.45, 2.75) is 39.3 Å². The molecule has 7 heteroatoms. The van der Waals surface area contributed by atoms with Crippen molar-refractivity contribution in [1.29, 1.82) is 0 Å². The van der Waals surface area contributed by atoms with E-state index in [4.69, 9.17) is 10.5 Å². The largest absolute Gasteiger partial charge is 0.457 e. The molecule has 2 heterocycles. The summed E-state index contributed by atoms with van der Waals surface area (Å²) in [7, 11) is 0. The molecular formula is C31H33N5O2. The van der Waals surface area contributed by atoms with Gasteiger partial charge in [-0.05, 0) is 86.8 Å². The highest BCUT2D eigenvalue weighted by Crippen LogP contribution is 2.51. The van der Waals surface area contributed by atoms with E-state index in [0.717, 1.165) is 60.0 Å². The second kappa shape index (κ2) is 9.74. The third-order valence-corrected chi connectivity index (χ3v) is 7.79. The molecule has 194 valence electrons. The van der Waals surface area contributed by atoms with Crippen molar-refractivity contribution in [3.05, 3.63) is 102 Å². The van der Waals surface area contributed by atoms with E-state index in [1.807, 2.05) is 73.1 Å². The molecule has 1 aromatic heterocycles. The minimum absolute atomic E-state index is 0.183. The molecule has 6 rings (SSSR count). The predicted molar refractivity (Wildman–Crippen MR) is 149 cm³/mol. The average molecular weight is 508 g/mol. The summed E-state index contributed by atoms with van der Waals surface area (Å²) in [5, 5.41) is 3.12. The van der Waals surface area contributed by atoms with Gasteiger partial charge >= 0.3 is 0 Å². The Morgan fingerprint density at radius 1 is 1.13 bits per heavy atom. The number of amides is 1. The van der Waals surface area contributed by atoms with Crippen molar-refractivity contribution in [3.63, 3.8) is 0 Å². The fraction of sp³-hybridized carbons (Fsp3) is 0.290. The van der Waals surface area contributed by atoms with Gasteiger partial charge in [0.25, 0.3) is 5.91 Å². The molecule has 1 saturated heterocycles. The summed E-state index contributed by atoms with van der Waals surface area (Å²) in [5.74, 6) is 1.21. The first-order chi connectivity index (χ1) is 18.4. The van der Waals surface area contributed by atoms with Gasteiger partial charge in [0.2, 0.25) is 0 Å². The van der Waals surface area contributed by atoms with Crippen LogP contribution in [0.5, 0.6) is 11.5 Å². The lowest BCUT2D eigenvalue weighted by atomic mass is 10.1. The zero-order valence-electron chi connectivity index (χ0n) is 21.9. The molecule has 0 bridgehead atoms. The number of likely N-dealkylation sites (tertiary alicyclic amines) is 1. The van der Waals surface area contributed by atoms with Gasteiger partial charge in [-0.3, -0.25) is 9.69 Å². The Bertz CT molecular complexity index is 1480. The maximum atomic E-state index is 13.4. The molecule has 1 saturated carbocycles. The van der Waals surface area contributed by atoms with Crippen molar-refractivity contribution in [3.8, 4) is 17.2 Å². The maximum Gasteiger partial charge on any atom is 0.255 e. The quantitative estimate of drug-likeness (QED) is 0.347. The molecule has 1 amide bonds. The monoisotopic (exact) mass is 507 g/mol. The number of anilines is 1. The van der Waals surface area contributed by atoms with E-state index in [1.54, 1.807) is 12.4 Å². The van der Waals surface area contributed by atoms with Crippen molar-refractivity contribution in [2.75, 3.05) is 18.4 Å². The highest BCUT2D eigenvalue weighted by Gasteiger charge is 2.55. The molecule has 3 aromatic carbocycles. The Balaban J connectivity index is 1.24. The van der Waals surface area contributed by atoms with Crippen LogP contribution < -0.4 is 15.8 Å². The van der Waals surface area contributed by atoms with Gasteiger partial charge in [0.05, 0.1) is 12.0 Å². The smallest absolute Gasteiger partial charge is 0.255 e. The number of nitrogens with zero attached hydrogens (tertiary/aromatic N) is 3. The number of ether oxygens (including phenoxy) is 1. The Kier molecular flexibility index (Phi) is 6.26. The standard InChI is InChI=1S/C31H33N5O2/c1-21-8-9-24(14-28(21)38-27-6-4-3-5-7-27)30(37)34-25-12-23(13-26(15-25)36-17-22(2)33-20-36)18-35-11-10-31(19-35)16-29(31)32/h3-9,12-15,17,20,29H,10-11,16,18-19,32H2,1-2H3,(H,34,37)/t29-,31?/m0/s1.